The van der Waals surface area contributed by atoms with Crippen LogP contribution in [-0.2, 0) is 19.6 Å². The molecule has 4 nitrogen and oxygen atoms in total. The zero-order chi connectivity index (χ0) is 13.5. The summed E-state index contributed by atoms with van der Waals surface area (Å²) >= 11 is 0. The molecule has 0 atom stereocenters. The average molecular weight is 262 g/mol. The monoisotopic (exact) mass is 262 g/mol. The molecular formula is C15H22N2O2. The first kappa shape index (κ1) is 13.9. The number of hydrogen-bond acceptors (Lipinski definition) is 4. The summed E-state index contributed by atoms with van der Waals surface area (Å²) in [6, 6.07) is 5.94. The molecule has 0 spiro atoms. The van der Waals surface area contributed by atoms with Crippen molar-refractivity contribution < 1.29 is 8.83 Å². The molecule has 104 valence electrons. The first-order chi connectivity index (χ1) is 9.29. The van der Waals surface area contributed by atoms with Crippen molar-refractivity contribution in [2.24, 2.45) is 0 Å². The summed E-state index contributed by atoms with van der Waals surface area (Å²) in [6.45, 7) is 5.65. The largest absolute Gasteiger partial charge is 0.468 e. The van der Waals surface area contributed by atoms with Crippen molar-refractivity contribution in [1.82, 2.24) is 10.2 Å². The van der Waals surface area contributed by atoms with Gasteiger partial charge in [-0.25, -0.2) is 0 Å². The van der Waals surface area contributed by atoms with Gasteiger partial charge in [0.25, 0.3) is 0 Å². The molecule has 0 fully saturated rings. The van der Waals surface area contributed by atoms with Crippen molar-refractivity contribution in [2.45, 2.75) is 33.0 Å². The smallest absolute Gasteiger partial charge is 0.122 e. The molecule has 0 aliphatic carbocycles. The minimum absolute atomic E-state index is 0.787. The number of nitrogens with zero attached hydrogens (tertiary/aromatic N) is 1. The summed E-state index contributed by atoms with van der Waals surface area (Å²) in [5.41, 5.74) is 1.24. The van der Waals surface area contributed by atoms with Gasteiger partial charge in [-0.15, -0.1) is 0 Å². The maximum Gasteiger partial charge on any atom is 0.122 e. The van der Waals surface area contributed by atoms with Crippen LogP contribution in [0.2, 0.25) is 0 Å². The van der Waals surface area contributed by atoms with Gasteiger partial charge in [0.1, 0.15) is 11.5 Å². The SMILES string of the molecule is CCCNCc1ccoc1CN(C)Cc1ccco1. The Kier molecular flexibility index (Phi) is 5.24. The van der Waals surface area contributed by atoms with Gasteiger partial charge in [-0.2, -0.15) is 0 Å². The predicted octanol–water partition coefficient (Wildman–Crippen LogP) is 3.00. The van der Waals surface area contributed by atoms with E-state index in [1.54, 1.807) is 12.5 Å². The predicted molar refractivity (Wildman–Crippen MR) is 74.6 cm³/mol. The Morgan fingerprint density at radius 1 is 1.16 bits per heavy atom. The lowest BCUT2D eigenvalue weighted by Crippen LogP contribution is -2.19. The van der Waals surface area contributed by atoms with Crippen LogP contribution in [0.5, 0.6) is 0 Å². The quantitative estimate of drug-likeness (QED) is 0.743. The van der Waals surface area contributed by atoms with Gasteiger partial charge in [-0.05, 0) is 38.2 Å². The van der Waals surface area contributed by atoms with Crippen LogP contribution < -0.4 is 5.32 Å². The van der Waals surface area contributed by atoms with E-state index in [0.717, 1.165) is 44.1 Å². The Morgan fingerprint density at radius 2 is 2.05 bits per heavy atom. The first-order valence-corrected chi connectivity index (χ1v) is 6.76. The second-order valence-electron chi connectivity index (χ2n) is 4.80. The summed E-state index contributed by atoms with van der Waals surface area (Å²) in [7, 11) is 2.06. The Morgan fingerprint density at radius 3 is 2.79 bits per heavy atom. The number of rotatable bonds is 8. The van der Waals surface area contributed by atoms with E-state index in [1.807, 2.05) is 18.2 Å². The molecule has 2 aromatic heterocycles. The van der Waals surface area contributed by atoms with Crippen LogP contribution in [0.15, 0.2) is 39.6 Å². The van der Waals surface area contributed by atoms with Crippen molar-refractivity contribution >= 4 is 0 Å². The molecule has 2 heterocycles. The third-order valence-corrected chi connectivity index (χ3v) is 3.00. The highest BCUT2D eigenvalue weighted by Crippen LogP contribution is 2.14. The van der Waals surface area contributed by atoms with Crippen LogP contribution in [-0.4, -0.2) is 18.5 Å². The molecule has 4 heteroatoms. The van der Waals surface area contributed by atoms with Crippen LogP contribution in [0.4, 0.5) is 0 Å². The van der Waals surface area contributed by atoms with Crippen LogP contribution in [0.1, 0.15) is 30.4 Å². The van der Waals surface area contributed by atoms with Crippen LogP contribution in [0.25, 0.3) is 0 Å². The summed E-state index contributed by atoms with van der Waals surface area (Å²) in [5.74, 6) is 2.00. The number of hydrogen-bond donors (Lipinski definition) is 1. The van der Waals surface area contributed by atoms with E-state index in [1.165, 1.54) is 5.56 Å². The van der Waals surface area contributed by atoms with E-state index in [-0.39, 0.29) is 0 Å². The van der Waals surface area contributed by atoms with E-state index < -0.39 is 0 Å². The molecule has 0 unspecified atom stereocenters. The topological polar surface area (TPSA) is 41.6 Å². The summed E-state index contributed by atoms with van der Waals surface area (Å²) in [4.78, 5) is 2.18. The Labute approximate surface area is 114 Å². The molecule has 2 aromatic rings. The summed E-state index contributed by atoms with van der Waals surface area (Å²) < 4.78 is 10.9. The molecule has 0 radical (unpaired) electrons. The Balaban J connectivity index is 1.86. The molecule has 0 bridgehead atoms. The maximum absolute atomic E-state index is 5.57. The lowest BCUT2D eigenvalue weighted by molar-refractivity contribution is 0.263. The first-order valence-electron chi connectivity index (χ1n) is 6.76. The molecule has 0 amide bonds. The van der Waals surface area contributed by atoms with Crippen LogP contribution >= 0.6 is 0 Å². The minimum atomic E-state index is 0.787. The van der Waals surface area contributed by atoms with Gasteiger partial charge < -0.3 is 14.2 Å². The van der Waals surface area contributed by atoms with Crippen molar-refractivity contribution in [3.8, 4) is 0 Å². The van der Waals surface area contributed by atoms with Gasteiger partial charge in [0.15, 0.2) is 0 Å². The van der Waals surface area contributed by atoms with Gasteiger partial charge in [0, 0.05) is 12.1 Å². The Hall–Kier alpha value is -1.52. The van der Waals surface area contributed by atoms with E-state index in [9.17, 15) is 0 Å². The highest BCUT2D eigenvalue weighted by atomic mass is 16.3. The molecular weight excluding hydrogens is 240 g/mol. The maximum atomic E-state index is 5.57. The number of nitrogens with one attached hydrogen (secondary N) is 1. The van der Waals surface area contributed by atoms with E-state index in [0.29, 0.717) is 0 Å². The molecule has 0 aliphatic rings. The fourth-order valence-electron chi connectivity index (χ4n) is 2.03. The van der Waals surface area contributed by atoms with Gasteiger partial charge >= 0.3 is 0 Å². The second-order valence-corrected chi connectivity index (χ2v) is 4.80. The zero-order valence-corrected chi connectivity index (χ0v) is 11.7. The normalized spacial score (nSPS) is 11.3. The van der Waals surface area contributed by atoms with Crippen molar-refractivity contribution in [3.63, 3.8) is 0 Å². The van der Waals surface area contributed by atoms with E-state index in [2.05, 4.69) is 24.2 Å². The van der Waals surface area contributed by atoms with Gasteiger partial charge in [0.2, 0.25) is 0 Å². The van der Waals surface area contributed by atoms with Crippen LogP contribution in [0, 0.1) is 0 Å². The highest BCUT2D eigenvalue weighted by Gasteiger charge is 2.10. The molecule has 2 rings (SSSR count). The average Bonchev–Trinajstić information content (AvgIpc) is 3.02. The third-order valence-electron chi connectivity index (χ3n) is 3.00. The third kappa shape index (κ3) is 4.26. The Bertz CT molecular complexity index is 462. The molecule has 1 N–H and O–H groups in total. The summed E-state index contributed by atoms with van der Waals surface area (Å²) in [5, 5.41) is 3.40. The van der Waals surface area contributed by atoms with E-state index in [4.69, 9.17) is 8.83 Å². The zero-order valence-electron chi connectivity index (χ0n) is 11.7. The lowest BCUT2D eigenvalue weighted by Gasteiger charge is -2.14. The van der Waals surface area contributed by atoms with Gasteiger partial charge in [-0.3, -0.25) is 4.90 Å². The number of furan rings is 2. The van der Waals surface area contributed by atoms with E-state index >= 15 is 0 Å². The fraction of sp³-hybridized carbons (Fsp3) is 0.467. The van der Waals surface area contributed by atoms with Gasteiger partial charge in [0.05, 0.1) is 25.6 Å². The van der Waals surface area contributed by atoms with Crippen LogP contribution in [0.3, 0.4) is 0 Å². The van der Waals surface area contributed by atoms with Crippen molar-refractivity contribution in [2.75, 3.05) is 13.6 Å². The fourth-order valence-corrected chi connectivity index (χ4v) is 2.03. The highest BCUT2D eigenvalue weighted by molar-refractivity contribution is 5.16. The molecule has 19 heavy (non-hydrogen) atoms. The molecule has 0 aromatic carbocycles. The lowest BCUT2D eigenvalue weighted by atomic mass is 10.2. The molecule has 0 saturated carbocycles. The van der Waals surface area contributed by atoms with Crippen molar-refractivity contribution in [3.05, 3.63) is 47.8 Å². The molecule has 0 saturated heterocycles. The second kappa shape index (κ2) is 7.16. The molecule has 0 aliphatic heterocycles. The minimum Gasteiger partial charge on any atom is -0.468 e. The van der Waals surface area contributed by atoms with Crippen molar-refractivity contribution in [1.29, 1.82) is 0 Å². The van der Waals surface area contributed by atoms with Gasteiger partial charge in [-0.1, -0.05) is 6.92 Å². The standard InChI is InChI=1S/C15H22N2O2/c1-3-7-16-10-13-6-9-19-15(13)12-17(2)11-14-5-4-8-18-14/h4-6,8-9,16H,3,7,10-12H2,1-2H3. The summed E-state index contributed by atoms with van der Waals surface area (Å²) in [6.07, 6.45) is 4.61.